The molecule has 1 aliphatic heterocycles. The van der Waals surface area contributed by atoms with Crippen molar-refractivity contribution in [1.29, 1.82) is 0 Å². The molecule has 3 rings (SSSR count). The molecule has 0 radical (unpaired) electrons. The molecule has 1 N–H and O–H groups in total. The van der Waals surface area contributed by atoms with E-state index in [4.69, 9.17) is 9.47 Å². The molecule has 164 valence electrons. The molecule has 7 nitrogen and oxygen atoms in total. The van der Waals surface area contributed by atoms with Gasteiger partial charge in [-0.25, -0.2) is 0 Å². The predicted octanol–water partition coefficient (Wildman–Crippen LogP) is 3.80. The summed E-state index contributed by atoms with van der Waals surface area (Å²) in [6.07, 6.45) is -0.857. The lowest BCUT2D eigenvalue weighted by molar-refractivity contribution is -0.152. The standard InChI is InChI=1S/C24H28N2O5/c1-15(2)18-9-7-8-16(3)23(18)25-24(29)17(4)31-22(28)14-26-19-10-5-6-11-20(19)30-13-12-21(26)27/h5-11,15,17H,12-14H2,1-4H3,(H,25,29)/t17-/m1/s1. The van der Waals surface area contributed by atoms with Crippen LogP contribution in [0.25, 0.3) is 0 Å². The minimum absolute atomic E-state index is 0.156. The number of aryl methyl sites for hydroxylation is 1. The zero-order chi connectivity index (χ0) is 22.5. The molecule has 1 aliphatic rings. The number of rotatable bonds is 6. The van der Waals surface area contributed by atoms with Crippen LogP contribution in [0.5, 0.6) is 5.75 Å². The Hall–Kier alpha value is -3.35. The number of hydrogen-bond acceptors (Lipinski definition) is 5. The molecule has 0 spiro atoms. The van der Waals surface area contributed by atoms with Gasteiger partial charge in [-0.05, 0) is 43.0 Å². The first-order valence-electron chi connectivity index (χ1n) is 10.4. The third-order valence-corrected chi connectivity index (χ3v) is 5.17. The van der Waals surface area contributed by atoms with Crippen LogP contribution in [-0.4, -0.2) is 37.0 Å². The van der Waals surface area contributed by atoms with Crippen molar-refractivity contribution in [2.75, 3.05) is 23.4 Å². The molecule has 0 saturated carbocycles. The number of benzene rings is 2. The topological polar surface area (TPSA) is 84.9 Å². The van der Waals surface area contributed by atoms with E-state index in [2.05, 4.69) is 5.32 Å². The molecule has 2 amide bonds. The smallest absolute Gasteiger partial charge is 0.326 e. The summed E-state index contributed by atoms with van der Waals surface area (Å²) < 4.78 is 10.9. The van der Waals surface area contributed by atoms with E-state index < -0.39 is 18.0 Å². The number of para-hydroxylation sites is 3. The quantitative estimate of drug-likeness (QED) is 0.713. The number of ether oxygens (including phenoxy) is 2. The first-order valence-corrected chi connectivity index (χ1v) is 10.4. The van der Waals surface area contributed by atoms with Crippen LogP contribution < -0.4 is 15.0 Å². The second kappa shape index (κ2) is 9.64. The third kappa shape index (κ3) is 5.23. The molecule has 0 bridgehead atoms. The maximum atomic E-state index is 12.7. The number of esters is 1. The van der Waals surface area contributed by atoms with Gasteiger partial charge >= 0.3 is 5.97 Å². The largest absolute Gasteiger partial charge is 0.491 e. The van der Waals surface area contributed by atoms with Crippen LogP contribution in [0.15, 0.2) is 42.5 Å². The maximum absolute atomic E-state index is 12.7. The third-order valence-electron chi connectivity index (χ3n) is 5.17. The van der Waals surface area contributed by atoms with Gasteiger partial charge in [-0.15, -0.1) is 0 Å². The second-order valence-corrected chi connectivity index (χ2v) is 7.86. The van der Waals surface area contributed by atoms with Crippen LogP contribution in [-0.2, 0) is 19.1 Å². The van der Waals surface area contributed by atoms with Crippen molar-refractivity contribution in [2.45, 2.75) is 46.1 Å². The van der Waals surface area contributed by atoms with E-state index >= 15 is 0 Å². The van der Waals surface area contributed by atoms with Gasteiger partial charge in [-0.2, -0.15) is 0 Å². The Morgan fingerprint density at radius 3 is 2.61 bits per heavy atom. The summed E-state index contributed by atoms with van der Waals surface area (Å²) in [5.41, 5.74) is 3.20. The molecule has 31 heavy (non-hydrogen) atoms. The predicted molar refractivity (Wildman–Crippen MR) is 118 cm³/mol. The Morgan fingerprint density at radius 2 is 1.87 bits per heavy atom. The maximum Gasteiger partial charge on any atom is 0.326 e. The highest BCUT2D eigenvalue weighted by Crippen LogP contribution is 2.31. The van der Waals surface area contributed by atoms with Gasteiger partial charge in [0.25, 0.3) is 5.91 Å². The lowest BCUT2D eigenvalue weighted by Gasteiger charge is -2.22. The lowest BCUT2D eigenvalue weighted by atomic mass is 9.98. The summed E-state index contributed by atoms with van der Waals surface area (Å²) in [5.74, 6) is -0.561. The molecule has 7 heteroatoms. The Kier molecular flexibility index (Phi) is 6.95. The first-order chi connectivity index (χ1) is 14.8. The number of carbonyl (C=O) groups excluding carboxylic acids is 3. The lowest BCUT2D eigenvalue weighted by Crippen LogP contribution is -2.39. The Balaban J connectivity index is 1.67. The van der Waals surface area contributed by atoms with Crippen LogP contribution in [0.2, 0.25) is 0 Å². The summed E-state index contributed by atoms with van der Waals surface area (Å²) in [6, 6.07) is 12.9. The van der Waals surface area contributed by atoms with Crippen molar-refractivity contribution in [2.24, 2.45) is 0 Å². The highest BCUT2D eigenvalue weighted by Gasteiger charge is 2.27. The fourth-order valence-corrected chi connectivity index (χ4v) is 3.48. The number of nitrogens with zero attached hydrogens (tertiary/aromatic N) is 1. The normalized spacial score (nSPS) is 14.4. The van der Waals surface area contributed by atoms with Crippen molar-refractivity contribution >= 4 is 29.2 Å². The fourth-order valence-electron chi connectivity index (χ4n) is 3.48. The van der Waals surface area contributed by atoms with Crippen molar-refractivity contribution in [3.63, 3.8) is 0 Å². The van der Waals surface area contributed by atoms with Crippen LogP contribution in [0, 0.1) is 6.92 Å². The summed E-state index contributed by atoms with van der Waals surface area (Å²) in [5, 5.41) is 2.89. The van der Waals surface area contributed by atoms with Gasteiger partial charge < -0.3 is 14.8 Å². The van der Waals surface area contributed by atoms with E-state index in [-0.39, 0.29) is 31.4 Å². The zero-order valence-corrected chi connectivity index (χ0v) is 18.3. The minimum Gasteiger partial charge on any atom is -0.491 e. The van der Waals surface area contributed by atoms with Crippen LogP contribution in [0.4, 0.5) is 11.4 Å². The van der Waals surface area contributed by atoms with E-state index in [0.29, 0.717) is 11.4 Å². The molecule has 2 aromatic carbocycles. The number of nitrogens with one attached hydrogen (secondary N) is 1. The van der Waals surface area contributed by atoms with Crippen molar-refractivity contribution in [3.8, 4) is 5.75 Å². The first kappa shape index (κ1) is 22.3. The number of carbonyl (C=O) groups is 3. The number of hydrogen-bond donors (Lipinski definition) is 1. The van der Waals surface area contributed by atoms with E-state index in [1.54, 1.807) is 24.3 Å². The molecule has 1 heterocycles. The van der Waals surface area contributed by atoms with Gasteiger partial charge in [0, 0.05) is 5.69 Å². The van der Waals surface area contributed by atoms with Gasteiger partial charge in [-0.3, -0.25) is 19.3 Å². The molecule has 2 aromatic rings. The van der Waals surface area contributed by atoms with Crippen LogP contribution >= 0.6 is 0 Å². The number of anilines is 2. The summed E-state index contributed by atoms with van der Waals surface area (Å²) in [6.45, 7) is 7.49. The van der Waals surface area contributed by atoms with E-state index in [1.165, 1.54) is 11.8 Å². The van der Waals surface area contributed by atoms with Crippen LogP contribution in [0.1, 0.15) is 44.2 Å². The van der Waals surface area contributed by atoms with Gasteiger partial charge in [0.15, 0.2) is 6.10 Å². The Bertz CT molecular complexity index is 986. The highest BCUT2D eigenvalue weighted by molar-refractivity contribution is 6.00. The SMILES string of the molecule is Cc1cccc(C(C)C)c1NC(=O)[C@@H](C)OC(=O)CN1C(=O)CCOc2ccccc21. The fraction of sp³-hybridized carbons (Fsp3) is 0.375. The van der Waals surface area contributed by atoms with Gasteiger partial charge in [-0.1, -0.05) is 44.2 Å². The van der Waals surface area contributed by atoms with Crippen molar-refractivity contribution in [1.82, 2.24) is 0 Å². The van der Waals surface area contributed by atoms with Crippen molar-refractivity contribution in [3.05, 3.63) is 53.6 Å². The van der Waals surface area contributed by atoms with Crippen molar-refractivity contribution < 1.29 is 23.9 Å². The van der Waals surface area contributed by atoms with E-state index in [1.807, 2.05) is 39.0 Å². The second-order valence-electron chi connectivity index (χ2n) is 7.86. The molecule has 0 fully saturated rings. The van der Waals surface area contributed by atoms with Crippen LogP contribution in [0.3, 0.4) is 0 Å². The van der Waals surface area contributed by atoms with Gasteiger partial charge in [0.05, 0.1) is 18.7 Å². The highest BCUT2D eigenvalue weighted by atomic mass is 16.5. The molecular formula is C24H28N2O5. The zero-order valence-electron chi connectivity index (χ0n) is 18.3. The molecule has 0 aromatic heterocycles. The summed E-state index contributed by atoms with van der Waals surface area (Å²) in [7, 11) is 0. The number of fused-ring (bicyclic) bond motifs is 1. The Morgan fingerprint density at radius 1 is 1.13 bits per heavy atom. The molecular weight excluding hydrogens is 396 g/mol. The summed E-state index contributed by atoms with van der Waals surface area (Å²) in [4.78, 5) is 39.1. The minimum atomic E-state index is -1.01. The monoisotopic (exact) mass is 424 g/mol. The molecule has 0 aliphatic carbocycles. The average molecular weight is 424 g/mol. The number of amides is 2. The summed E-state index contributed by atoms with van der Waals surface area (Å²) >= 11 is 0. The average Bonchev–Trinajstić information content (AvgIpc) is 2.88. The van der Waals surface area contributed by atoms with Gasteiger partial charge in [0.1, 0.15) is 12.3 Å². The molecule has 0 saturated heterocycles. The van der Waals surface area contributed by atoms with E-state index in [0.717, 1.165) is 16.8 Å². The van der Waals surface area contributed by atoms with E-state index in [9.17, 15) is 14.4 Å². The Labute approximate surface area is 182 Å². The molecule has 1 atom stereocenters. The van der Waals surface area contributed by atoms with Gasteiger partial charge in [0.2, 0.25) is 5.91 Å². The molecule has 0 unspecified atom stereocenters.